The summed E-state index contributed by atoms with van der Waals surface area (Å²) in [5.41, 5.74) is 0.945. The van der Waals surface area contributed by atoms with E-state index in [9.17, 15) is 5.11 Å². The minimum absolute atomic E-state index is 0.0736. The van der Waals surface area contributed by atoms with Crippen molar-refractivity contribution in [1.29, 1.82) is 0 Å². The van der Waals surface area contributed by atoms with Gasteiger partial charge in [0.05, 0.1) is 9.26 Å². The van der Waals surface area contributed by atoms with Crippen LogP contribution in [0.15, 0.2) is 36.5 Å². The van der Waals surface area contributed by atoms with E-state index < -0.39 is 0 Å². The second-order valence-electron chi connectivity index (χ2n) is 2.58. The first-order chi connectivity index (χ1) is 6.27. The zero-order valence-electron chi connectivity index (χ0n) is 6.68. The molecule has 1 N–H and O–H groups in total. The van der Waals surface area contributed by atoms with Gasteiger partial charge in [-0.3, -0.25) is 0 Å². The normalized spacial score (nSPS) is 10.2. The molecule has 0 amide bonds. The summed E-state index contributed by atoms with van der Waals surface area (Å²) >= 11 is 2.04. The molecular weight excluding hydrogens is 279 g/mol. The van der Waals surface area contributed by atoms with Gasteiger partial charge in [-0.2, -0.15) is 0 Å². The van der Waals surface area contributed by atoms with Crippen LogP contribution in [0.2, 0.25) is 0 Å². The van der Waals surface area contributed by atoms with Gasteiger partial charge < -0.3 is 5.11 Å². The molecule has 0 radical (unpaired) electrons. The Kier molecular flexibility index (Phi) is 2.22. The van der Waals surface area contributed by atoms with Crippen LogP contribution in [0.5, 0.6) is 5.88 Å². The molecular formula is C9H7IN2O. The van der Waals surface area contributed by atoms with Gasteiger partial charge in [0.25, 0.3) is 0 Å². The summed E-state index contributed by atoms with van der Waals surface area (Å²) in [5.74, 6) is 0.0736. The fourth-order valence-corrected chi connectivity index (χ4v) is 1.43. The van der Waals surface area contributed by atoms with Crippen molar-refractivity contribution in [2.45, 2.75) is 0 Å². The molecule has 13 heavy (non-hydrogen) atoms. The van der Waals surface area contributed by atoms with Crippen LogP contribution in [0.3, 0.4) is 0 Å². The third-order valence-corrected chi connectivity index (χ3v) is 2.43. The van der Waals surface area contributed by atoms with Gasteiger partial charge in [-0.1, -0.05) is 18.2 Å². The number of nitrogens with zero attached hydrogens (tertiary/aromatic N) is 2. The Balaban J connectivity index is 2.48. The molecule has 4 heteroatoms. The Bertz CT molecular complexity index is 391. The number of aromatic nitrogens is 2. The van der Waals surface area contributed by atoms with E-state index in [2.05, 4.69) is 5.10 Å². The molecule has 0 aliphatic rings. The van der Waals surface area contributed by atoms with Gasteiger partial charge in [-0.25, -0.2) is 4.68 Å². The maximum Gasteiger partial charge on any atom is 0.244 e. The lowest BCUT2D eigenvalue weighted by atomic mass is 10.3. The van der Waals surface area contributed by atoms with Crippen molar-refractivity contribution in [1.82, 2.24) is 9.78 Å². The van der Waals surface area contributed by atoms with Crippen molar-refractivity contribution in [3.63, 3.8) is 0 Å². The standard InChI is InChI=1S/C9H7IN2O/c10-8-6-12(11-9(8)13)7-4-2-1-3-5-7/h1-6H,(H,11,13). The number of halogens is 1. The molecule has 2 rings (SSSR count). The summed E-state index contributed by atoms with van der Waals surface area (Å²) in [4.78, 5) is 0. The molecule has 0 atom stereocenters. The van der Waals surface area contributed by atoms with E-state index >= 15 is 0 Å². The Morgan fingerprint density at radius 2 is 1.92 bits per heavy atom. The van der Waals surface area contributed by atoms with Crippen molar-refractivity contribution < 1.29 is 5.11 Å². The minimum Gasteiger partial charge on any atom is -0.491 e. The predicted molar refractivity (Wildman–Crippen MR) is 57.9 cm³/mol. The first-order valence-electron chi connectivity index (χ1n) is 3.77. The number of benzene rings is 1. The number of para-hydroxylation sites is 1. The molecule has 2 aromatic rings. The van der Waals surface area contributed by atoms with Crippen molar-refractivity contribution in [2.75, 3.05) is 0 Å². The lowest BCUT2D eigenvalue weighted by Gasteiger charge is -1.97. The minimum atomic E-state index is 0.0736. The zero-order chi connectivity index (χ0) is 9.26. The summed E-state index contributed by atoms with van der Waals surface area (Å²) < 4.78 is 2.40. The summed E-state index contributed by atoms with van der Waals surface area (Å²) in [5, 5.41) is 13.2. The molecule has 0 saturated carbocycles. The summed E-state index contributed by atoms with van der Waals surface area (Å²) in [6.07, 6.45) is 1.78. The number of aromatic hydroxyl groups is 1. The average molecular weight is 286 g/mol. The first-order valence-corrected chi connectivity index (χ1v) is 4.85. The van der Waals surface area contributed by atoms with Crippen LogP contribution < -0.4 is 0 Å². The molecule has 66 valence electrons. The van der Waals surface area contributed by atoms with Crippen LogP contribution in [0.25, 0.3) is 5.69 Å². The fourth-order valence-electron chi connectivity index (χ4n) is 1.06. The van der Waals surface area contributed by atoms with Gasteiger partial charge >= 0.3 is 0 Å². The maximum atomic E-state index is 9.26. The quantitative estimate of drug-likeness (QED) is 0.816. The zero-order valence-corrected chi connectivity index (χ0v) is 8.84. The highest BCUT2D eigenvalue weighted by atomic mass is 127. The van der Waals surface area contributed by atoms with Crippen LogP contribution in [-0.4, -0.2) is 14.9 Å². The molecule has 3 nitrogen and oxygen atoms in total. The molecule has 0 saturated heterocycles. The smallest absolute Gasteiger partial charge is 0.244 e. The number of rotatable bonds is 1. The first kappa shape index (κ1) is 8.55. The number of hydrogen-bond donors (Lipinski definition) is 1. The van der Waals surface area contributed by atoms with Crippen molar-refractivity contribution >= 4 is 22.6 Å². The molecule has 0 fully saturated rings. The van der Waals surface area contributed by atoms with E-state index in [1.165, 1.54) is 0 Å². The highest BCUT2D eigenvalue weighted by Gasteiger charge is 2.04. The third kappa shape index (κ3) is 1.67. The molecule has 0 aliphatic carbocycles. The third-order valence-electron chi connectivity index (χ3n) is 1.67. The van der Waals surface area contributed by atoms with Crippen LogP contribution in [0.1, 0.15) is 0 Å². The molecule has 0 bridgehead atoms. The van der Waals surface area contributed by atoms with Gasteiger partial charge in [-0.05, 0) is 34.7 Å². The van der Waals surface area contributed by atoms with Crippen molar-refractivity contribution in [2.24, 2.45) is 0 Å². The summed E-state index contributed by atoms with van der Waals surface area (Å²) in [7, 11) is 0. The lowest BCUT2D eigenvalue weighted by molar-refractivity contribution is 0.445. The molecule has 0 aliphatic heterocycles. The topological polar surface area (TPSA) is 38.1 Å². The molecule has 0 unspecified atom stereocenters. The van der Waals surface area contributed by atoms with E-state index in [1.54, 1.807) is 10.9 Å². The second kappa shape index (κ2) is 3.37. The monoisotopic (exact) mass is 286 g/mol. The van der Waals surface area contributed by atoms with Crippen molar-refractivity contribution in [3.8, 4) is 11.6 Å². The SMILES string of the molecule is Oc1nn(-c2ccccc2)cc1I. The molecule has 0 spiro atoms. The van der Waals surface area contributed by atoms with E-state index in [-0.39, 0.29) is 5.88 Å². The predicted octanol–water partition coefficient (Wildman–Crippen LogP) is 2.18. The average Bonchev–Trinajstić information content (AvgIpc) is 2.49. The maximum absolute atomic E-state index is 9.26. The highest BCUT2D eigenvalue weighted by Crippen LogP contribution is 2.18. The lowest BCUT2D eigenvalue weighted by Crippen LogP contribution is -1.92. The van der Waals surface area contributed by atoms with Crippen LogP contribution in [0.4, 0.5) is 0 Å². The fraction of sp³-hybridized carbons (Fsp3) is 0. The van der Waals surface area contributed by atoms with Crippen LogP contribution >= 0.6 is 22.6 Å². The Hall–Kier alpha value is -1.04. The molecule has 1 heterocycles. The Morgan fingerprint density at radius 1 is 1.23 bits per heavy atom. The van der Waals surface area contributed by atoms with Gasteiger partial charge in [0.1, 0.15) is 0 Å². The van der Waals surface area contributed by atoms with E-state index in [0.717, 1.165) is 9.26 Å². The second-order valence-corrected chi connectivity index (χ2v) is 3.74. The van der Waals surface area contributed by atoms with Gasteiger partial charge in [0, 0.05) is 6.20 Å². The summed E-state index contributed by atoms with van der Waals surface area (Å²) in [6, 6.07) is 9.67. The van der Waals surface area contributed by atoms with Crippen LogP contribution in [0, 0.1) is 3.57 Å². The van der Waals surface area contributed by atoms with Gasteiger partial charge in [0.15, 0.2) is 0 Å². The van der Waals surface area contributed by atoms with Crippen molar-refractivity contribution in [3.05, 3.63) is 40.1 Å². The van der Waals surface area contributed by atoms with E-state index in [4.69, 9.17) is 0 Å². The Labute approximate surface area is 89.2 Å². The van der Waals surface area contributed by atoms with Gasteiger partial charge in [0.2, 0.25) is 5.88 Å². The summed E-state index contributed by atoms with van der Waals surface area (Å²) in [6.45, 7) is 0. The van der Waals surface area contributed by atoms with E-state index in [1.807, 2.05) is 52.9 Å². The van der Waals surface area contributed by atoms with Gasteiger partial charge in [-0.15, -0.1) is 5.10 Å². The highest BCUT2D eigenvalue weighted by molar-refractivity contribution is 14.1. The molecule has 1 aromatic carbocycles. The Morgan fingerprint density at radius 3 is 2.46 bits per heavy atom. The largest absolute Gasteiger partial charge is 0.491 e. The van der Waals surface area contributed by atoms with E-state index in [0.29, 0.717) is 0 Å². The molecule has 1 aromatic heterocycles. The van der Waals surface area contributed by atoms with Crippen LogP contribution in [-0.2, 0) is 0 Å². The number of hydrogen-bond acceptors (Lipinski definition) is 2.